The molecule has 84 valence electrons. The number of nitrogens with two attached hydrogens (primary N) is 1. The van der Waals surface area contributed by atoms with Crippen molar-refractivity contribution in [2.75, 3.05) is 0 Å². The van der Waals surface area contributed by atoms with Gasteiger partial charge in [-0.3, -0.25) is 0 Å². The predicted octanol–water partition coefficient (Wildman–Crippen LogP) is -2.23. The Bertz CT molecular complexity index is 166. The van der Waals surface area contributed by atoms with Gasteiger partial charge in [-0.2, -0.15) is 26.3 Å². The van der Waals surface area contributed by atoms with E-state index in [-0.39, 0.29) is 18.9 Å². The van der Waals surface area contributed by atoms with Crippen LogP contribution in [-0.4, -0.2) is 26.3 Å². The monoisotopic (exact) mass is 243 g/mol. The van der Waals surface area contributed by atoms with Crippen LogP contribution in [0.3, 0.4) is 0 Å². The van der Waals surface area contributed by atoms with Gasteiger partial charge in [0.1, 0.15) is 0 Å². The van der Waals surface area contributed by atoms with Gasteiger partial charge in [0.15, 0.2) is 10.3 Å². The summed E-state index contributed by atoms with van der Waals surface area (Å²) in [6.07, 6.45) is 0. The van der Waals surface area contributed by atoms with Crippen LogP contribution in [0.5, 0.6) is 0 Å². The van der Waals surface area contributed by atoms with Gasteiger partial charge in [0.05, 0.1) is 0 Å². The van der Waals surface area contributed by atoms with Crippen LogP contribution in [0.2, 0.25) is 0 Å². The second-order valence-electron chi connectivity index (χ2n) is 0.988. The number of rotatable bonds is 0. The molecule has 0 unspecified atom stereocenters. The van der Waals surface area contributed by atoms with Gasteiger partial charge in [0, 0.05) is 0 Å². The van der Waals surface area contributed by atoms with Crippen molar-refractivity contribution in [1.29, 1.82) is 0 Å². The van der Waals surface area contributed by atoms with E-state index in [9.17, 15) is 26.3 Å². The minimum Gasteiger partial charge on any atom is -0.736 e. The number of hydrogen-bond donors (Lipinski definition) is 1. The Kier molecular flexibility index (Phi) is 22.1. The van der Waals surface area contributed by atoms with E-state index < -0.39 is 23.7 Å². The van der Waals surface area contributed by atoms with Crippen LogP contribution in [0, 0.1) is 0 Å². The SMILES string of the molecule is FC(F)F.FC(F)F.NS(=O)(=O)[O-].[Li+]. The zero-order valence-corrected chi connectivity index (χ0v) is 7.45. The first kappa shape index (κ1) is 23.7. The van der Waals surface area contributed by atoms with Gasteiger partial charge in [-0.1, -0.05) is 0 Å². The molecule has 0 saturated carbocycles. The van der Waals surface area contributed by atoms with Crippen LogP contribution in [0.25, 0.3) is 0 Å². The molecule has 0 heterocycles. The Morgan fingerprint density at radius 3 is 0.929 bits per heavy atom. The van der Waals surface area contributed by atoms with Gasteiger partial charge >= 0.3 is 32.2 Å². The summed E-state index contributed by atoms with van der Waals surface area (Å²) in [4.78, 5) is 0. The minimum absolute atomic E-state index is 0. The molecular weight excluding hydrogens is 239 g/mol. The van der Waals surface area contributed by atoms with Crippen LogP contribution in [0.1, 0.15) is 0 Å². The molecule has 14 heavy (non-hydrogen) atoms. The Balaban J connectivity index is -0.0000000522. The molecule has 0 aromatic carbocycles. The van der Waals surface area contributed by atoms with Crippen LogP contribution >= 0.6 is 0 Å². The molecule has 0 radical (unpaired) electrons. The molecule has 0 bridgehead atoms. The smallest absolute Gasteiger partial charge is 0.736 e. The van der Waals surface area contributed by atoms with Crippen molar-refractivity contribution in [3.8, 4) is 0 Å². The van der Waals surface area contributed by atoms with Crippen molar-refractivity contribution in [3.05, 3.63) is 0 Å². The molecule has 0 aromatic rings. The van der Waals surface area contributed by atoms with Gasteiger partial charge in [0.25, 0.3) is 0 Å². The van der Waals surface area contributed by atoms with E-state index in [1.54, 1.807) is 0 Å². The Morgan fingerprint density at radius 2 is 0.929 bits per heavy atom. The number of hydrogen-bond acceptors (Lipinski definition) is 3. The second-order valence-corrected chi connectivity index (χ2v) is 1.97. The Morgan fingerprint density at radius 1 is 0.929 bits per heavy atom. The average molecular weight is 243 g/mol. The van der Waals surface area contributed by atoms with Crippen LogP contribution < -0.4 is 24.0 Å². The summed E-state index contributed by atoms with van der Waals surface area (Å²) >= 11 is 0. The maximum atomic E-state index is 9.67. The third-order valence-electron chi connectivity index (χ3n) is 0. The summed E-state index contributed by atoms with van der Waals surface area (Å²) in [5.74, 6) is 0. The molecular formula is C2H4F6LiNO3S. The van der Waals surface area contributed by atoms with Crippen molar-refractivity contribution in [1.82, 2.24) is 0 Å². The van der Waals surface area contributed by atoms with Gasteiger partial charge < -0.3 is 4.55 Å². The first-order chi connectivity index (χ1) is 5.46. The Labute approximate surface area is 87.5 Å². The van der Waals surface area contributed by atoms with Gasteiger partial charge in [0.2, 0.25) is 0 Å². The quantitative estimate of drug-likeness (QED) is 0.297. The zero-order valence-electron chi connectivity index (χ0n) is 6.63. The molecule has 0 aliphatic heterocycles. The van der Waals surface area contributed by atoms with E-state index in [0.717, 1.165) is 0 Å². The van der Waals surface area contributed by atoms with Crippen molar-refractivity contribution >= 4 is 10.3 Å². The third-order valence-corrected chi connectivity index (χ3v) is 0. The second kappa shape index (κ2) is 13.0. The summed E-state index contributed by atoms with van der Waals surface area (Å²) in [6, 6.07) is 0. The fourth-order valence-electron chi connectivity index (χ4n) is 0. The normalized spacial score (nSPS) is 9.29. The number of halogens is 6. The van der Waals surface area contributed by atoms with Crippen LogP contribution in [-0.2, 0) is 10.3 Å². The molecule has 4 nitrogen and oxygen atoms in total. The molecule has 0 aliphatic carbocycles. The van der Waals surface area contributed by atoms with E-state index in [4.69, 9.17) is 13.0 Å². The summed E-state index contributed by atoms with van der Waals surface area (Å²) in [6.45, 7) is -7.33. The summed E-state index contributed by atoms with van der Waals surface area (Å²) in [7, 11) is -4.42. The molecule has 0 rings (SSSR count). The molecule has 0 amide bonds. The summed E-state index contributed by atoms with van der Waals surface area (Å²) in [5, 5.41) is 3.77. The molecule has 0 aliphatic rings. The first-order valence-corrected chi connectivity index (χ1v) is 3.52. The van der Waals surface area contributed by atoms with Gasteiger partial charge in [-0.15, -0.1) is 0 Å². The third kappa shape index (κ3) is 654000. The maximum absolute atomic E-state index is 9.67. The fraction of sp³-hybridized carbons (Fsp3) is 1.00. The zero-order chi connectivity index (χ0) is 11.7. The average Bonchev–Trinajstić information content (AvgIpc) is 1.50. The van der Waals surface area contributed by atoms with E-state index in [1.807, 2.05) is 0 Å². The fourth-order valence-corrected chi connectivity index (χ4v) is 0. The standard InChI is InChI=1S/2CHF3.Li.H3NO3S/c2*2-1(3)4;;1-5(2,3)4/h2*1H;;(H3,1,2,3,4)/q;;+1;/p-1. The molecule has 0 aromatic heterocycles. The summed E-state index contributed by atoms with van der Waals surface area (Å²) < 4.78 is 84.6. The maximum Gasteiger partial charge on any atom is 1.00 e. The van der Waals surface area contributed by atoms with E-state index in [0.29, 0.717) is 0 Å². The van der Waals surface area contributed by atoms with Gasteiger partial charge in [-0.05, 0) is 0 Å². The van der Waals surface area contributed by atoms with E-state index in [2.05, 4.69) is 5.14 Å². The Hall–Kier alpha value is 0.0474. The van der Waals surface area contributed by atoms with E-state index >= 15 is 0 Å². The van der Waals surface area contributed by atoms with Crippen molar-refractivity contribution in [3.63, 3.8) is 0 Å². The van der Waals surface area contributed by atoms with Crippen molar-refractivity contribution in [2.24, 2.45) is 5.14 Å². The summed E-state index contributed by atoms with van der Waals surface area (Å²) in [5.41, 5.74) is 0. The predicted molar refractivity (Wildman–Crippen MR) is 28.1 cm³/mol. The van der Waals surface area contributed by atoms with Crippen molar-refractivity contribution in [2.45, 2.75) is 13.4 Å². The molecule has 0 fully saturated rings. The minimum atomic E-state index is -4.42. The molecule has 12 heteroatoms. The van der Waals surface area contributed by atoms with Crippen LogP contribution in [0.4, 0.5) is 26.3 Å². The molecule has 2 N–H and O–H groups in total. The topological polar surface area (TPSA) is 83.2 Å². The first-order valence-electron chi connectivity index (χ1n) is 2.05. The molecule has 0 atom stereocenters. The number of alkyl halides is 6. The van der Waals surface area contributed by atoms with Crippen molar-refractivity contribution < 1.29 is 58.2 Å². The largest absolute Gasteiger partial charge is 1.00 e. The molecule has 0 spiro atoms. The molecule has 0 saturated heterocycles. The van der Waals surface area contributed by atoms with Gasteiger partial charge in [-0.25, -0.2) is 13.6 Å². The van der Waals surface area contributed by atoms with Crippen LogP contribution in [0.15, 0.2) is 0 Å². The van der Waals surface area contributed by atoms with E-state index in [1.165, 1.54) is 0 Å².